The Labute approximate surface area is 114 Å². The van der Waals surface area contributed by atoms with Gasteiger partial charge in [0.25, 0.3) is 0 Å². The number of ether oxygens (including phenoxy) is 1. The second-order valence-electron chi connectivity index (χ2n) is 4.15. The van der Waals surface area contributed by atoms with Gasteiger partial charge in [0.1, 0.15) is 5.69 Å². The van der Waals surface area contributed by atoms with Gasteiger partial charge in [-0.15, -0.1) is 0 Å². The van der Waals surface area contributed by atoms with Crippen molar-refractivity contribution in [3.05, 3.63) is 34.0 Å². The van der Waals surface area contributed by atoms with E-state index in [4.69, 9.17) is 9.84 Å². The minimum absolute atomic E-state index is 0.0939. The number of aryl methyl sites for hydroxylation is 1. The van der Waals surface area contributed by atoms with Gasteiger partial charge in [-0.05, 0) is 18.1 Å². The topological polar surface area (TPSA) is 103 Å². The molecule has 0 saturated carbocycles. The maximum Gasteiger partial charge on any atom is 0.311 e. The zero-order chi connectivity index (χ0) is 14.7. The molecule has 1 aromatic heterocycles. The highest BCUT2D eigenvalue weighted by Crippen LogP contribution is 2.38. The Morgan fingerprint density at radius 2 is 2.25 bits per heavy atom. The average Bonchev–Trinajstić information content (AvgIpc) is 2.84. The number of nitro benzene ring substituents is 1. The molecule has 106 valence electrons. The van der Waals surface area contributed by atoms with E-state index < -0.39 is 4.92 Å². The van der Waals surface area contributed by atoms with E-state index >= 15 is 0 Å². The summed E-state index contributed by atoms with van der Waals surface area (Å²) in [5.74, 6) is 0.136. The molecule has 0 aliphatic rings. The fraction of sp³-hybridized carbons (Fsp3) is 0.333. The summed E-state index contributed by atoms with van der Waals surface area (Å²) in [6, 6.07) is 3.11. The molecule has 20 heavy (non-hydrogen) atoms. The van der Waals surface area contributed by atoms with Crippen LogP contribution in [-0.2, 0) is 13.5 Å². The van der Waals surface area contributed by atoms with E-state index in [-0.39, 0.29) is 18.0 Å². The molecule has 0 radical (unpaired) electrons. The molecule has 0 spiro atoms. The fourth-order valence-electron chi connectivity index (χ4n) is 1.95. The minimum Gasteiger partial charge on any atom is -0.490 e. The van der Waals surface area contributed by atoms with Gasteiger partial charge in [0.15, 0.2) is 0 Å². The lowest BCUT2D eigenvalue weighted by molar-refractivity contribution is -0.385. The molecule has 0 bridgehead atoms. The number of methoxy groups -OCH3 is 1. The second-order valence-corrected chi connectivity index (χ2v) is 4.15. The SMILES string of the molecule is COc1c(-c2cnn(C)n2)cc(CCO)cc1[N+](=O)[O-]. The lowest BCUT2D eigenvalue weighted by atomic mass is 10.0. The zero-order valence-corrected chi connectivity index (χ0v) is 11.1. The fourth-order valence-corrected chi connectivity index (χ4v) is 1.95. The van der Waals surface area contributed by atoms with E-state index in [9.17, 15) is 10.1 Å². The summed E-state index contributed by atoms with van der Waals surface area (Å²) in [7, 11) is 3.02. The lowest BCUT2D eigenvalue weighted by Crippen LogP contribution is -2.00. The van der Waals surface area contributed by atoms with Crippen molar-refractivity contribution in [1.82, 2.24) is 15.0 Å². The van der Waals surface area contributed by atoms with Gasteiger partial charge in [-0.25, -0.2) is 0 Å². The van der Waals surface area contributed by atoms with E-state index in [2.05, 4.69) is 10.2 Å². The number of aliphatic hydroxyl groups is 1. The highest BCUT2D eigenvalue weighted by Gasteiger charge is 2.22. The third-order valence-corrected chi connectivity index (χ3v) is 2.81. The van der Waals surface area contributed by atoms with E-state index in [1.54, 1.807) is 13.1 Å². The molecule has 1 N–H and O–H groups in total. The van der Waals surface area contributed by atoms with Gasteiger partial charge in [-0.1, -0.05) is 0 Å². The lowest BCUT2D eigenvalue weighted by Gasteiger charge is -2.09. The number of hydrogen-bond donors (Lipinski definition) is 1. The first-order valence-corrected chi connectivity index (χ1v) is 5.89. The Hall–Kier alpha value is -2.48. The summed E-state index contributed by atoms with van der Waals surface area (Å²) in [4.78, 5) is 12.0. The van der Waals surface area contributed by atoms with Crippen molar-refractivity contribution in [3.8, 4) is 17.0 Å². The third kappa shape index (κ3) is 2.59. The van der Waals surface area contributed by atoms with E-state index in [1.807, 2.05) is 0 Å². The van der Waals surface area contributed by atoms with E-state index in [0.29, 0.717) is 23.2 Å². The van der Waals surface area contributed by atoms with Gasteiger partial charge in [0.05, 0.1) is 23.8 Å². The van der Waals surface area contributed by atoms with E-state index in [1.165, 1.54) is 24.2 Å². The molecule has 8 nitrogen and oxygen atoms in total. The number of aliphatic hydroxyl groups excluding tert-OH is 1. The molecule has 0 saturated heterocycles. The Morgan fingerprint density at radius 3 is 2.75 bits per heavy atom. The molecule has 2 rings (SSSR count). The number of nitro groups is 1. The first-order valence-electron chi connectivity index (χ1n) is 5.89. The first kappa shape index (κ1) is 13.9. The second kappa shape index (κ2) is 5.66. The third-order valence-electron chi connectivity index (χ3n) is 2.81. The van der Waals surface area contributed by atoms with Crippen LogP contribution in [0.5, 0.6) is 5.75 Å². The summed E-state index contributed by atoms with van der Waals surface area (Å²) >= 11 is 0. The molecular weight excluding hydrogens is 264 g/mol. The summed E-state index contributed by atoms with van der Waals surface area (Å²) in [5.41, 5.74) is 1.45. The molecule has 1 aromatic carbocycles. The molecule has 0 aliphatic carbocycles. The maximum atomic E-state index is 11.1. The smallest absolute Gasteiger partial charge is 0.311 e. The Morgan fingerprint density at radius 1 is 1.50 bits per heavy atom. The average molecular weight is 278 g/mol. The standard InChI is InChI=1S/C12H14N4O4/c1-15-13-7-10(14-15)9-5-8(3-4-17)6-11(16(18)19)12(9)20-2/h5-7,17H,3-4H2,1-2H3. The number of benzene rings is 1. The summed E-state index contributed by atoms with van der Waals surface area (Å²) in [5, 5.41) is 28.2. The van der Waals surface area contributed by atoms with Crippen LogP contribution in [0.3, 0.4) is 0 Å². The van der Waals surface area contributed by atoms with Crippen LogP contribution < -0.4 is 4.74 Å². The van der Waals surface area contributed by atoms with Crippen molar-refractivity contribution < 1.29 is 14.8 Å². The summed E-state index contributed by atoms with van der Waals surface area (Å²) in [6.07, 6.45) is 1.82. The molecule has 0 fully saturated rings. The molecule has 1 heterocycles. The number of aromatic nitrogens is 3. The van der Waals surface area contributed by atoms with Crippen LogP contribution in [0.1, 0.15) is 5.56 Å². The molecule has 0 atom stereocenters. The van der Waals surface area contributed by atoms with Crippen LogP contribution in [0.4, 0.5) is 5.69 Å². The normalized spacial score (nSPS) is 10.6. The molecular formula is C12H14N4O4. The van der Waals surface area contributed by atoms with Crippen molar-refractivity contribution in [2.24, 2.45) is 7.05 Å². The monoisotopic (exact) mass is 278 g/mol. The van der Waals surface area contributed by atoms with Gasteiger partial charge in [-0.2, -0.15) is 15.0 Å². The van der Waals surface area contributed by atoms with Crippen molar-refractivity contribution in [2.45, 2.75) is 6.42 Å². The van der Waals surface area contributed by atoms with E-state index in [0.717, 1.165) is 0 Å². The van der Waals surface area contributed by atoms with Crippen molar-refractivity contribution in [1.29, 1.82) is 0 Å². The first-order chi connectivity index (χ1) is 9.56. The molecule has 8 heteroatoms. The van der Waals surface area contributed by atoms with Gasteiger partial charge in [-0.3, -0.25) is 10.1 Å². The number of rotatable bonds is 5. The minimum atomic E-state index is -0.514. The van der Waals surface area contributed by atoms with Crippen molar-refractivity contribution >= 4 is 5.69 Å². The van der Waals surface area contributed by atoms with Crippen LogP contribution in [0, 0.1) is 10.1 Å². The predicted octanol–water partition coefficient (Wildman–Crippen LogP) is 0.934. The van der Waals surface area contributed by atoms with Crippen molar-refractivity contribution in [2.75, 3.05) is 13.7 Å². The van der Waals surface area contributed by atoms with Crippen LogP contribution in [0.25, 0.3) is 11.3 Å². The Balaban J connectivity index is 2.66. The largest absolute Gasteiger partial charge is 0.490 e. The van der Waals surface area contributed by atoms with Crippen LogP contribution in [0.15, 0.2) is 18.3 Å². The van der Waals surface area contributed by atoms with Gasteiger partial charge < -0.3 is 9.84 Å². The van der Waals surface area contributed by atoms with Gasteiger partial charge in [0, 0.05) is 19.7 Å². The Bertz CT molecular complexity index is 638. The highest BCUT2D eigenvalue weighted by atomic mass is 16.6. The van der Waals surface area contributed by atoms with Crippen LogP contribution >= 0.6 is 0 Å². The zero-order valence-electron chi connectivity index (χ0n) is 11.1. The maximum absolute atomic E-state index is 11.1. The molecule has 2 aromatic rings. The van der Waals surface area contributed by atoms with Crippen molar-refractivity contribution in [3.63, 3.8) is 0 Å². The Kier molecular flexibility index (Phi) is 3.94. The predicted molar refractivity (Wildman–Crippen MR) is 70.4 cm³/mol. The van der Waals surface area contributed by atoms with Crippen LogP contribution in [0.2, 0.25) is 0 Å². The molecule has 0 unspecified atom stereocenters. The van der Waals surface area contributed by atoms with Gasteiger partial charge >= 0.3 is 5.69 Å². The highest BCUT2D eigenvalue weighted by molar-refractivity contribution is 5.73. The quantitative estimate of drug-likeness (QED) is 0.644. The van der Waals surface area contributed by atoms with Gasteiger partial charge in [0.2, 0.25) is 5.75 Å². The molecule has 0 amide bonds. The number of hydrogen-bond acceptors (Lipinski definition) is 6. The van der Waals surface area contributed by atoms with Crippen LogP contribution in [-0.4, -0.2) is 38.7 Å². The number of nitrogens with zero attached hydrogens (tertiary/aromatic N) is 4. The summed E-state index contributed by atoms with van der Waals surface area (Å²) < 4.78 is 5.15. The molecule has 0 aliphatic heterocycles. The summed E-state index contributed by atoms with van der Waals surface area (Å²) in [6.45, 7) is -0.0939.